The molecule has 0 aliphatic carbocycles. The van der Waals surface area contributed by atoms with Crippen LogP contribution in [0, 0.1) is 5.92 Å². The third-order valence-corrected chi connectivity index (χ3v) is 5.61. The molecular weight excluding hydrogens is 487 g/mol. The quantitative estimate of drug-likeness (QED) is 0.314. The molecular formula is C23H29IN6. The number of guanidine groups is 1. The molecule has 0 amide bonds. The number of benzene rings is 2. The van der Waals surface area contributed by atoms with E-state index in [-0.39, 0.29) is 24.0 Å². The maximum absolute atomic E-state index is 6.28. The van der Waals surface area contributed by atoms with Crippen LogP contribution in [0.25, 0.3) is 11.1 Å². The van der Waals surface area contributed by atoms with Crippen molar-refractivity contribution < 1.29 is 0 Å². The van der Waals surface area contributed by atoms with Crippen molar-refractivity contribution in [2.45, 2.75) is 32.9 Å². The van der Waals surface area contributed by atoms with Gasteiger partial charge in [0.05, 0.1) is 13.1 Å². The van der Waals surface area contributed by atoms with E-state index in [2.05, 4.69) is 70.4 Å². The average molecular weight is 516 g/mol. The van der Waals surface area contributed by atoms with Gasteiger partial charge in [0, 0.05) is 13.1 Å². The second kappa shape index (κ2) is 10.6. The standard InChI is InChI=1S/C23H28N6.HI/c1-18-10-12-28(13-11-18)23(24)26-14-21-4-2-3-5-22(21)20-8-6-19(7-9-20)15-29-17-25-16-27-29;/h2-9,16-18H,10-15H2,1H3,(H2,24,26);1H. The highest BCUT2D eigenvalue weighted by Crippen LogP contribution is 2.25. The minimum atomic E-state index is 0. The zero-order chi connectivity index (χ0) is 20.1. The molecule has 0 spiro atoms. The number of piperidine rings is 1. The van der Waals surface area contributed by atoms with Crippen molar-refractivity contribution in [2.75, 3.05) is 13.1 Å². The Morgan fingerprint density at radius 1 is 1.10 bits per heavy atom. The van der Waals surface area contributed by atoms with Crippen LogP contribution < -0.4 is 5.73 Å². The topological polar surface area (TPSA) is 72.3 Å². The van der Waals surface area contributed by atoms with Crippen molar-refractivity contribution in [3.05, 3.63) is 72.3 Å². The predicted molar refractivity (Wildman–Crippen MR) is 132 cm³/mol. The van der Waals surface area contributed by atoms with E-state index in [1.165, 1.54) is 35.1 Å². The fraction of sp³-hybridized carbons (Fsp3) is 0.348. The number of rotatable bonds is 5. The molecule has 0 unspecified atom stereocenters. The predicted octanol–water partition coefficient (Wildman–Crippen LogP) is 4.16. The molecule has 158 valence electrons. The summed E-state index contributed by atoms with van der Waals surface area (Å²) < 4.78 is 1.82. The first-order valence-corrected chi connectivity index (χ1v) is 10.2. The SMILES string of the molecule is CC1CCN(C(N)=NCc2ccccc2-c2ccc(Cn3cncn3)cc2)CC1.I. The molecule has 0 atom stereocenters. The van der Waals surface area contributed by atoms with Crippen molar-refractivity contribution in [3.8, 4) is 11.1 Å². The number of halogens is 1. The van der Waals surface area contributed by atoms with Gasteiger partial charge in [-0.2, -0.15) is 5.10 Å². The van der Waals surface area contributed by atoms with Gasteiger partial charge in [-0.3, -0.25) is 0 Å². The number of aliphatic imine (C=N–C) groups is 1. The lowest BCUT2D eigenvalue weighted by atomic mass is 9.98. The van der Waals surface area contributed by atoms with Gasteiger partial charge in [0.1, 0.15) is 12.7 Å². The highest BCUT2D eigenvalue weighted by Gasteiger charge is 2.17. The Labute approximate surface area is 195 Å². The fourth-order valence-corrected chi connectivity index (χ4v) is 3.73. The van der Waals surface area contributed by atoms with Crippen LogP contribution in [0.2, 0.25) is 0 Å². The van der Waals surface area contributed by atoms with Gasteiger partial charge in [-0.25, -0.2) is 14.7 Å². The van der Waals surface area contributed by atoms with Gasteiger partial charge >= 0.3 is 0 Å². The van der Waals surface area contributed by atoms with Gasteiger partial charge in [0.25, 0.3) is 0 Å². The monoisotopic (exact) mass is 516 g/mol. The lowest BCUT2D eigenvalue weighted by Crippen LogP contribution is -2.42. The van der Waals surface area contributed by atoms with Gasteiger partial charge in [0.2, 0.25) is 0 Å². The molecule has 1 aliphatic heterocycles. The molecule has 3 aromatic rings. The van der Waals surface area contributed by atoms with E-state index < -0.39 is 0 Å². The molecule has 1 aliphatic rings. The summed E-state index contributed by atoms with van der Waals surface area (Å²) in [5.41, 5.74) is 11.0. The summed E-state index contributed by atoms with van der Waals surface area (Å²) in [6.07, 6.45) is 5.66. The van der Waals surface area contributed by atoms with E-state index >= 15 is 0 Å². The van der Waals surface area contributed by atoms with Crippen LogP contribution in [0.1, 0.15) is 30.9 Å². The molecule has 0 bridgehead atoms. The summed E-state index contributed by atoms with van der Waals surface area (Å²) in [6, 6.07) is 17.0. The second-order valence-corrected chi connectivity index (χ2v) is 7.79. The molecule has 2 N–H and O–H groups in total. The average Bonchev–Trinajstić information content (AvgIpc) is 3.26. The zero-order valence-corrected chi connectivity index (χ0v) is 19.6. The van der Waals surface area contributed by atoms with Gasteiger partial charge in [0.15, 0.2) is 5.96 Å². The summed E-state index contributed by atoms with van der Waals surface area (Å²) in [4.78, 5) is 10.9. The van der Waals surface area contributed by atoms with Crippen molar-refractivity contribution in [2.24, 2.45) is 16.6 Å². The van der Waals surface area contributed by atoms with Crippen LogP contribution in [0.3, 0.4) is 0 Å². The van der Waals surface area contributed by atoms with E-state index in [1.54, 1.807) is 12.7 Å². The fourth-order valence-electron chi connectivity index (χ4n) is 3.73. The smallest absolute Gasteiger partial charge is 0.191 e. The van der Waals surface area contributed by atoms with E-state index in [0.29, 0.717) is 12.5 Å². The maximum Gasteiger partial charge on any atom is 0.191 e. The van der Waals surface area contributed by atoms with Crippen molar-refractivity contribution in [3.63, 3.8) is 0 Å². The first-order chi connectivity index (χ1) is 14.2. The van der Waals surface area contributed by atoms with Crippen LogP contribution in [0.4, 0.5) is 0 Å². The van der Waals surface area contributed by atoms with Gasteiger partial charge in [-0.15, -0.1) is 24.0 Å². The Hall–Kier alpha value is -2.42. The number of hydrogen-bond acceptors (Lipinski definition) is 3. The normalized spacial score (nSPS) is 15.1. The number of likely N-dealkylation sites (tertiary alicyclic amines) is 1. The Bertz CT molecular complexity index is 944. The van der Waals surface area contributed by atoms with Crippen LogP contribution >= 0.6 is 24.0 Å². The molecule has 0 saturated carbocycles. The summed E-state index contributed by atoms with van der Waals surface area (Å²) in [5.74, 6) is 1.45. The third-order valence-electron chi connectivity index (χ3n) is 5.61. The molecule has 1 saturated heterocycles. The van der Waals surface area contributed by atoms with E-state index in [9.17, 15) is 0 Å². The van der Waals surface area contributed by atoms with Crippen molar-refractivity contribution >= 4 is 29.9 Å². The van der Waals surface area contributed by atoms with Crippen LogP contribution in [-0.2, 0) is 13.1 Å². The molecule has 2 heterocycles. The lowest BCUT2D eigenvalue weighted by molar-refractivity contribution is 0.277. The van der Waals surface area contributed by atoms with Crippen LogP contribution in [0.15, 0.2) is 66.2 Å². The largest absolute Gasteiger partial charge is 0.370 e. The summed E-state index contributed by atoms with van der Waals surface area (Å²) in [6.45, 7) is 5.63. The van der Waals surface area contributed by atoms with Crippen molar-refractivity contribution in [1.82, 2.24) is 19.7 Å². The van der Waals surface area contributed by atoms with E-state index in [4.69, 9.17) is 10.7 Å². The highest BCUT2D eigenvalue weighted by molar-refractivity contribution is 14.0. The molecule has 2 aromatic carbocycles. The molecule has 6 nitrogen and oxygen atoms in total. The summed E-state index contributed by atoms with van der Waals surface area (Å²) in [7, 11) is 0. The van der Waals surface area contributed by atoms with Gasteiger partial charge in [-0.1, -0.05) is 55.5 Å². The van der Waals surface area contributed by atoms with Gasteiger partial charge < -0.3 is 10.6 Å². The van der Waals surface area contributed by atoms with Crippen LogP contribution in [0.5, 0.6) is 0 Å². The Morgan fingerprint density at radius 3 is 2.53 bits per heavy atom. The molecule has 30 heavy (non-hydrogen) atoms. The number of nitrogens with zero attached hydrogens (tertiary/aromatic N) is 5. The minimum absolute atomic E-state index is 0. The zero-order valence-electron chi connectivity index (χ0n) is 17.3. The first kappa shape index (κ1) is 22.3. The van der Waals surface area contributed by atoms with E-state index in [1.807, 2.05) is 4.68 Å². The van der Waals surface area contributed by atoms with Gasteiger partial charge in [-0.05, 0) is 41.0 Å². The number of aromatic nitrogens is 3. The Morgan fingerprint density at radius 2 is 1.83 bits per heavy atom. The highest BCUT2D eigenvalue weighted by atomic mass is 127. The number of nitrogens with two attached hydrogens (primary N) is 1. The Kier molecular flexibility index (Phi) is 7.84. The minimum Gasteiger partial charge on any atom is -0.370 e. The molecule has 7 heteroatoms. The second-order valence-electron chi connectivity index (χ2n) is 7.79. The first-order valence-electron chi connectivity index (χ1n) is 10.2. The third kappa shape index (κ3) is 5.59. The number of hydrogen-bond donors (Lipinski definition) is 1. The lowest BCUT2D eigenvalue weighted by Gasteiger charge is -2.31. The van der Waals surface area contributed by atoms with Crippen molar-refractivity contribution in [1.29, 1.82) is 0 Å². The summed E-state index contributed by atoms with van der Waals surface area (Å²) >= 11 is 0. The van der Waals surface area contributed by atoms with Crippen LogP contribution in [-0.4, -0.2) is 38.7 Å². The molecule has 1 fully saturated rings. The summed E-state index contributed by atoms with van der Waals surface area (Å²) in [5, 5.41) is 4.16. The molecule has 0 radical (unpaired) electrons. The van der Waals surface area contributed by atoms with E-state index in [0.717, 1.165) is 25.6 Å². The Balaban J connectivity index is 0.00000256. The maximum atomic E-state index is 6.28. The molecule has 4 rings (SSSR count). The molecule has 1 aromatic heterocycles.